The third kappa shape index (κ3) is 3.24. The fraction of sp³-hybridized carbons (Fsp3) is 0.100. The number of fused-ring (bicyclic) bond motifs is 1. The molecule has 0 spiro atoms. The number of anilines is 1. The van der Waals surface area contributed by atoms with Crippen molar-refractivity contribution >= 4 is 27.9 Å². The Bertz CT molecular complexity index is 1120. The number of ether oxygens (including phenoxy) is 2. The summed E-state index contributed by atoms with van der Waals surface area (Å²) in [5.41, 5.74) is 2.86. The van der Waals surface area contributed by atoms with E-state index in [4.69, 9.17) is 9.47 Å². The number of hydrogen-bond acceptors (Lipinski definition) is 5. The molecule has 4 aromatic rings. The summed E-state index contributed by atoms with van der Waals surface area (Å²) in [6, 6.07) is 15.0. The minimum Gasteiger partial charge on any atom is -0.497 e. The van der Waals surface area contributed by atoms with Gasteiger partial charge in [-0.05, 0) is 24.3 Å². The molecule has 0 fully saturated rings. The van der Waals surface area contributed by atoms with Crippen molar-refractivity contribution in [3.8, 4) is 22.8 Å². The van der Waals surface area contributed by atoms with Crippen molar-refractivity contribution in [2.75, 3.05) is 19.5 Å². The average Bonchev–Trinajstić information content (AvgIpc) is 3.29. The molecule has 27 heavy (non-hydrogen) atoms. The van der Waals surface area contributed by atoms with Crippen LogP contribution in [0.25, 0.3) is 16.2 Å². The van der Waals surface area contributed by atoms with E-state index in [1.54, 1.807) is 36.1 Å². The Kier molecular flexibility index (Phi) is 4.52. The highest BCUT2D eigenvalue weighted by atomic mass is 32.1. The van der Waals surface area contributed by atoms with Crippen LogP contribution in [0.5, 0.6) is 11.5 Å². The topological polar surface area (TPSA) is 64.9 Å². The average molecular weight is 379 g/mol. The number of benzene rings is 2. The SMILES string of the molecule is COc1cccc(-c2cn3c(C(=O)Nc4ccccc4OC)csc3n2)c1. The van der Waals surface area contributed by atoms with Crippen LogP contribution in [0.4, 0.5) is 5.69 Å². The van der Waals surface area contributed by atoms with E-state index >= 15 is 0 Å². The highest BCUT2D eigenvalue weighted by Crippen LogP contribution is 2.28. The molecule has 0 aliphatic rings. The molecule has 0 aliphatic carbocycles. The van der Waals surface area contributed by atoms with Gasteiger partial charge in [0.25, 0.3) is 5.91 Å². The first kappa shape index (κ1) is 17.1. The lowest BCUT2D eigenvalue weighted by Gasteiger charge is -2.09. The van der Waals surface area contributed by atoms with Crippen molar-refractivity contribution in [2.45, 2.75) is 0 Å². The number of aromatic nitrogens is 2. The van der Waals surface area contributed by atoms with Gasteiger partial charge in [-0.2, -0.15) is 0 Å². The number of amides is 1. The molecule has 0 atom stereocenters. The second-order valence-electron chi connectivity index (χ2n) is 5.79. The normalized spacial score (nSPS) is 10.7. The Balaban J connectivity index is 1.66. The zero-order chi connectivity index (χ0) is 18.8. The summed E-state index contributed by atoms with van der Waals surface area (Å²) in [4.78, 5) is 18.1. The molecule has 136 valence electrons. The summed E-state index contributed by atoms with van der Waals surface area (Å²) in [7, 11) is 3.20. The zero-order valence-electron chi connectivity index (χ0n) is 14.8. The van der Waals surface area contributed by atoms with Crippen LogP contribution in [0.15, 0.2) is 60.1 Å². The summed E-state index contributed by atoms with van der Waals surface area (Å²) in [6.07, 6.45) is 1.86. The molecule has 0 unspecified atom stereocenters. The Morgan fingerprint density at radius 1 is 1.11 bits per heavy atom. The molecule has 0 radical (unpaired) electrons. The molecule has 2 aromatic heterocycles. The van der Waals surface area contributed by atoms with E-state index in [0.717, 1.165) is 22.0 Å². The van der Waals surface area contributed by atoms with Crippen LogP contribution in [0, 0.1) is 0 Å². The molecule has 0 saturated carbocycles. The number of hydrogen-bond donors (Lipinski definition) is 1. The summed E-state index contributed by atoms with van der Waals surface area (Å²) in [5, 5.41) is 4.69. The molecule has 2 aromatic carbocycles. The van der Waals surface area contributed by atoms with Crippen molar-refractivity contribution in [2.24, 2.45) is 0 Å². The molecule has 2 heterocycles. The maximum absolute atomic E-state index is 12.8. The number of nitrogens with zero attached hydrogens (tertiary/aromatic N) is 2. The fourth-order valence-corrected chi connectivity index (χ4v) is 3.66. The van der Waals surface area contributed by atoms with E-state index in [9.17, 15) is 4.79 Å². The third-order valence-corrected chi connectivity index (χ3v) is 5.00. The van der Waals surface area contributed by atoms with E-state index in [0.29, 0.717) is 17.1 Å². The van der Waals surface area contributed by atoms with Crippen molar-refractivity contribution in [1.29, 1.82) is 0 Å². The van der Waals surface area contributed by atoms with Crippen molar-refractivity contribution in [1.82, 2.24) is 9.38 Å². The predicted octanol–water partition coefficient (Wildman–Crippen LogP) is 4.33. The van der Waals surface area contributed by atoms with Gasteiger partial charge in [0, 0.05) is 17.1 Å². The van der Waals surface area contributed by atoms with Crippen molar-refractivity contribution < 1.29 is 14.3 Å². The molecule has 0 bridgehead atoms. The first-order chi connectivity index (χ1) is 13.2. The summed E-state index contributed by atoms with van der Waals surface area (Å²) in [5.74, 6) is 1.15. The summed E-state index contributed by atoms with van der Waals surface area (Å²) >= 11 is 1.42. The van der Waals surface area contributed by atoms with Gasteiger partial charge in [-0.25, -0.2) is 4.98 Å². The van der Waals surface area contributed by atoms with Crippen molar-refractivity contribution in [3.05, 3.63) is 65.8 Å². The van der Waals surface area contributed by atoms with Crippen LogP contribution in [-0.2, 0) is 0 Å². The second kappa shape index (κ2) is 7.13. The number of methoxy groups -OCH3 is 2. The Hall–Kier alpha value is -3.32. The minimum atomic E-state index is -0.222. The zero-order valence-corrected chi connectivity index (χ0v) is 15.6. The molecule has 0 saturated heterocycles. The van der Waals surface area contributed by atoms with Gasteiger partial charge in [0.1, 0.15) is 17.2 Å². The first-order valence-electron chi connectivity index (χ1n) is 8.25. The number of nitrogens with one attached hydrogen (secondary N) is 1. The molecule has 0 aliphatic heterocycles. The van der Waals surface area contributed by atoms with E-state index in [-0.39, 0.29) is 5.91 Å². The van der Waals surface area contributed by atoms with Gasteiger partial charge < -0.3 is 14.8 Å². The second-order valence-corrected chi connectivity index (χ2v) is 6.62. The quantitative estimate of drug-likeness (QED) is 0.560. The Morgan fingerprint density at radius 2 is 1.96 bits per heavy atom. The van der Waals surface area contributed by atoms with E-state index in [2.05, 4.69) is 10.3 Å². The monoisotopic (exact) mass is 379 g/mol. The maximum atomic E-state index is 12.8. The maximum Gasteiger partial charge on any atom is 0.273 e. The summed E-state index contributed by atoms with van der Waals surface area (Å²) in [6.45, 7) is 0. The Labute approximate surface area is 160 Å². The number of carbonyl (C=O) groups is 1. The molecule has 4 rings (SSSR count). The van der Waals surface area contributed by atoms with Crippen molar-refractivity contribution in [3.63, 3.8) is 0 Å². The third-order valence-electron chi connectivity index (χ3n) is 4.16. The van der Waals surface area contributed by atoms with Gasteiger partial charge in [-0.3, -0.25) is 9.20 Å². The number of rotatable bonds is 5. The van der Waals surface area contributed by atoms with Gasteiger partial charge >= 0.3 is 0 Å². The molecule has 7 heteroatoms. The van der Waals surface area contributed by atoms with Crippen LogP contribution >= 0.6 is 11.3 Å². The molecular weight excluding hydrogens is 362 g/mol. The number of imidazole rings is 1. The standard InChI is InChI=1S/C20H17N3O3S/c1-25-14-7-5-6-13(10-14)16-11-23-17(12-27-20(23)22-16)19(24)21-15-8-3-4-9-18(15)26-2/h3-12H,1-2H3,(H,21,24). The first-order valence-corrected chi connectivity index (χ1v) is 9.13. The van der Waals surface area contributed by atoms with Crippen LogP contribution in [0.2, 0.25) is 0 Å². The predicted molar refractivity (Wildman–Crippen MR) is 106 cm³/mol. The highest BCUT2D eigenvalue weighted by molar-refractivity contribution is 7.15. The van der Waals surface area contributed by atoms with Gasteiger partial charge in [0.15, 0.2) is 4.96 Å². The van der Waals surface area contributed by atoms with Crippen LogP contribution in [-0.4, -0.2) is 29.5 Å². The van der Waals surface area contributed by atoms with E-state index in [1.807, 2.05) is 42.6 Å². The number of carbonyl (C=O) groups excluding carboxylic acids is 1. The molecule has 1 amide bonds. The van der Waals surface area contributed by atoms with E-state index in [1.165, 1.54) is 11.3 Å². The lowest BCUT2D eigenvalue weighted by molar-refractivity contribution is 0.102. The smallest absolute Gasteiger partial charge is 0.273 e. The fourth-order valence-electron chi connectivity index (χ4n) is 2.80. The van der Waals surface area contributed by atoms with Gasteiger partial charge in [0.2, 0.25) is 0 Å². The number of thiazole rings is 1. The van der Waals surface area contributed by atoms with Crippen LogP contribution < -0.4 is 14.8 Å². The number of para-hydroxylation sites is 2. The van der Waals surface area contributed by atoms with Gasteiger partial charge in [-0.1, -0.05) is 24.3 Å². The van der Waals surface area contributed by atoms with Gasteiger partial charge in [-0.15, -0.1) is 11.3 Å². The van der Waals surface area contributed by atoms with Gasteiger partial charge in [0.05, 0.1) is 25.6 Å². The highest BCUT2D eigenvalue weighted by Gasteiger charge is 2.17. The molecule has 1 N–H and O–H groups in total. The van der Waals surface area contributed by atoms with E-state index < -0.39 is 0 Å². The lowest BCUT2D eigenvalue weighted by Crippen LogP contribution is -2.14. The summed E-state index contributed by atoms with van der Waals surface area (Å²) < 4.78 is 12.4. The Morgan fingerprint density at radius 3 is 2.78 bits per heavy atom. The largest absolute Gasteiger partial charge is 0.497 e. The minimum absolute atomic E-state index is 0.222. The van der Waals surface area contributed by atoms with Crippen LogP contribution in [0.3, 0.4) is 0 Å². The molecular formula is C20H17N3O3S. The van der Waals surface area contributed by atoms with Crippen LogP contribution in [0.1, 0.15) is 10.5 Å². The molecule has 6 nitrogen and oxygen atoms in total. The lowest BCUT2D eigenvalue weighted by atomic mass is 10.1.